The molecule has 0 fully saturated rings. The molecule has 1 unspecified atom stereocenters. The molecule has 0 saturated carbocycles. The first-order valence-corrected chi connectivity index (χ1v) is 6.78. The number of rotatable bonds is 4. The van der Waals surface area contributed by atoms with Crippen molar-refractivity contribution in [3.05, 3.63) is 64.7 Å². The molecule has 2 nitrogen and oxygen atoms in total. The molecule has 0 bridgehead atoms. The van der Waals surface area contributed by atoms with Crippen molar-refractivity contribution in [3.8, 4) is 5.75 Å². The Balaban J connectivity index is 2.36. The summed E-state index contributed by atoms with van der Waals surface area (Å²) in [6.45, 7) is 5.25. The summed E-state index contributed by atoms with van der Waals surface area (Å²) in [6, 6.07) is 8.85. The average molecular weight is 292 g/mol. The summed E-state index contributed by atoms with van der Waals surface area (Å²) in [5, 5.41) is 10.3. The van der Waals surface area contributed by atoms with Gasteiger partial charge in [0.05, 0.1) is 6.10 Å². The summed E-state index contributed by atoms with van der Waals surface area (Å²) in [5.74, 6) is -0.592. The molecule has 0 radical (unpaired) electrons. The second-order valence-corrected chi connectivity index (χ2v) is 5.26. The molecule has 0 saturated heterocycles. The fourth-order valence-electron chi connectivity index (χ4n) is 2.08. The number of aliphatic hydroxyl groups excluding tert-OH is 1. The number of aliphatic hydroxyl groups is 1. The molecule has 1 N–H and O–H groups in total. The van der Waals surface area contributed by atoms with Gasteiger partial charge in [-0.1, -0.05) is 12.1 Å². The molecule has 0 aliphatic rings. The summed E-state index contributed by atoms with van der Waals surface area (Å²) >= 11 is 0. The van der Waals surface area contributed by atoms with Gasteiger partial charge in [-0.05, 0) is 56.2 Å². The minimum Gasteiger partial charge on any atom is -0.491 e. The maximum Gasteiger partial charge on any atom is 0.129 e. The van der Waals surface area contributed by atoms with Crippen molar-refractivity contribution in [2.45, 2.75) is 33.0 Å². The largest absolute Gasteiger partial charge is 0.491 e. The first-order chi connectivity index (χ1) is 9.88. The van der Waals surface area contributed by atoms with E-state index in [9.17, 15) is 13.9 Å². The molecule has 112 valence electrons. The SMILES string of the molecule is Cc1cc(F)c(C(O)c2cccc(OC(C)C)c2)cc1F. The first-order valence-electron chi connectivity index (χ1n) is 6.78. The molecule has 0 spiro atoms. The highest BCUT2D eigenvalue weighted by Crippen LogP contribution is 2.28. The zero-order chi connectivity index (χ0) is 15.6. The van der Waals surface area contributed by atoms with Crippen LogP contribution in [0.2, 0.25) is 0 Å². The molecule has 1 atom stereocenters. The third-order valence-electron chi connectivity index (χ3n) is 3.12. The Kier molecular flexibility index (Phi) is 4.58. The number of hydrogen-bond donors (Lipinski definition) is 1. The Morgan fingerprint density at radius 1 is 1.05 bits per heavy atom. The lowest BCUT2D eigenvalue weighted by atomic mass is 9.99. The van der Waals surface area contributed by atoms with Crippen molar-refractivity contribution in [2.75, 3.05) is 0 Å². The van der Waals surface area contributed by atoms with Gasteiger partial charge in [-0.15, -0.1) is 0 Å². The van der Waals surface area contributed by atoms with E-state index in [4.69, 9.17) is 4.74 Å². The van der Waals surface area contributed by atoms with Gasteiger partial charge in [-0.25, -0.2) is 8.78 Å². The van der Waals surface area contributed by atoms with Crippen molar-refractivity contribution < 1.29 is 18.6 Å². The highest BCUT2D eigenvalue weighted by Gasteiger charge is 2.18. The molecule has 2 aromatic carbocycles. The molecule has 2 aromatic rings. The normalized spacial score (nSPS) is 12.5. The van der Waals surface area contributed by atoms with Gasteiger partial charge >= 0.3 is 0 Å². The van der Waals surface area contributed by atoms with E-state index < -0.39 is 17.7 Å². The zero-order valence-corrected chi connectivity index (χ0v) is 12.2. The monoisotopic (exact) mass is 292 g/mol. The van der Waals surface area contributed by atoms with E-state index in [0.29, 0.717) is 11.3 Å². The second-order valence-electron chi connectivity index (χ2n) is 5.26. The van der Waals surface area contributed by atoms with Crippen molar-refractivity contribution in [2.24, 2.45) is 0 Å². The van der Waals surface area contributed by atoms with Gasteiger partial charge in [0.2, 0.25) is 0 Å². The van der Waals surface area contributed by atoms with Gasteiger partial charge in [-0.3, -0.25) is 0 Å². The van der Waals surface area contributed by atoms with Gasteiger partial charge in [-0.2, -0.15) is 0 Å². The van der Waals surface area contributed by atoms with Crippen LogP contribution in [0.15, 0.2) is 36.4 Å². The van der Waals surface area contributed by atoms with Crippen LogP contribution >= 0.6 is 0 Å². The number of benzene rings is 2. The predicted molar refractivity (Wildman–Crippen MR) is 77.4 cm³/mol. The van der Waals surface area contributed by atoms with Crippen LogP contribution in [0, 0.1) is 18.6 Å². The van der Waals surface area contributed by atoms with Crippen LogP contribution < -0.4 is 4.74 Å². The summed E-state index contributed by atoms with van der Waals surface area (Å²) in [5.41, 5.74) is 0.579. The minimum atomic E-state index is -1.24. The Hall–Kier alpha value is -1.94. The van der Waals surface area contributed by atoms with Crippen molar-refractivity contribution in [1.82, 2.24) is 0 Å². The fraction of sp³-hybridized carbons (Fsp3) is 0.294. The molecule has 0 amide bonds. The molecule has 4 heteroatoms. The van der Waals surface area contributed by atoms with E-state index in [1.807, 2.05) is 13.8 Å². The predicted octanol–water partition coefficient (Wildman–Crippen LogP) is 4.14. The third-order valence-corrected chi connectivity index (χ3v) is 3.12. The standard InChI is InChI=1S/C17H18F2O2/c1-10(2)21-13-6-4-5-12(8-13)17(20)14-9-15(18)11(3)7-16(14)19/h4-10,17,20H,1-3H3. The zero-order valence-electron chi connectivity index (χ0n) is 12.2. The van der Waals surface area contributed by atoms with Gasteiger partial charge < -0.3 is 9.84 Å². The van der Waals surface area contributed by atoms with Crippen LogP contribution in [-0.2, 0) is 0 Å². The van der Waals surface area contributed by atoms with E-state index in [1.54, 1.807) is 24.3 Å². The van der Waals surface area contributed by atoms with Crippen LogP contribution in [0.3, 0.4) is 0 Å². The number of hydrogen-bond acceptors (Lipinski definition) is 2. The first kappa shape index (κ1) is 15.4. The fourth-order valence-corrected chi connectivity index (χ4v) is 2.08. The maximum absolute atomic E-state index is 13.9. The highest BCUT2D eigenvalue weighted by atomic mass is 19.1. The van der Waals surface area contributed by atoms with Crippen molar-refractivity contribution >= 4 is 0 Å². The molecule has 0 aliphatic carbocycles. The smallest absolute Gasteiger partial charge is 0.129 e. The lowest BCUT2D eigenvalue weighted by molar-refractivity contribution is 0.211. The Morgan fingerprint density at radius 2 is 1.76 bits per heavy atom. The summed E-state index contributed by atoms with van der Waals surface area (Å²) < 4.78 is 33.0. The van der Waals surface area contributed by atoms with E-state index in [2.05, 4.69) is 0 Å². The molecule has 0 heterocycles. The van der Waals surface area contributed by atoms with E-state index in [1.165, 1.54) is 6.92 Å². The average Bonchev–Trinajstić information content (AvgIpc) is 2.41. The lowest BCUT2D eigenvalue weighted by Gasteiger charge is -2.16. The van der Waals surface area contributed by atoms with Gasteiger partial charge in [0.1, 0.15) is 23.5 Å². The van der Waals surface area contributed by atoms with Crippen LogP contribution in [0.1, 0.15) is 36.6 Å². The molecular formula is C17H18F2O2. The number of ether oxygens (including phenoxy) is 1. The maximum atomic E-state index is 13.9. The molecule has 0 aliphatic heterocycles. The highest BCUT2D eigenvalue weighted by molar-refractivity contribution is 5.37. The third kappa shape index (κ3) is 3.58. The topological polar surface area (TPSA) is 29.5 Å². The molecule has 21 heavy (non-hydrogen) atoms. The van der Waals surface area contributed by atoms with Crippen molar-refractivity contribution in [1.29, 1.82) is 0 Å². The van der Waals surface area contributed by atoms with Gasteiger partial charge in [0.25, 0.3) is 0 Å². The van der Waals surface area contributed by atoms with E-state index in [0.717, 1.165) is 12.1 Å². The summed E-state index contributed by atoms with van der Waals surface area (Å²) in [7, 11) is 0. The summed E-state index contributed by atoms with van der Waals surface area (Å²) in [4.78, 5) is 0. The van der Waals surface area contributed by atoms with Crippen LogP contribution in [0.5, 0.6) is 5.75 Å². The van der Waals surface area contributed by atoms with E-state index in [-0.39, 0.29) is 17.2 Å². The molecule has 0 aromatic heterocycles. The second kappa shape index (κ2) is 6.22. The van der Waals surface area contributed by atoms with Crippen LogP contribution in [-0.4, -0.2) is 11.2 Å². The van der Waals surface area contributed by atoms with Gasteiger partial charge in [0.15, 0.2) is 0 Å². The number of aryl methyl sites for hydroxylation is 1. The van der Waals surface area contributed by atoms with Gasteiger partial charge in [0, 0.05) is 5.56 Å². The quantitative estimate of drug-likeness (QED) is 0.917. The van der Waals surface area contributed by atoms with E-state index >= 15 is 0 Å². The Labute approximate surface area is 123 Å². The Morgan fingerprint density at radius 3 is 2.43 bits per heavy atom. The van der Waals surface area contributed by atoms with Crippen LogP contribution in [0.4, 0.5) is 8.78 Å². The minimum absolute atomic E-state index is 0.00838. The molecular weight excluding hydrogens is 274 g/mol. The Bertz CT molecular complexity index is 639. The summed E-state index contributed by atoms with van der Waals surface area (Å²) in [6.07, 6.45) is -1.25. The lowest BCUT2D eigenvalue weighted by Crippen LogP contribution is -2.07. The molecule has 2 rings (SSSR count). The number of halogens is 2. The van der Waals surface area contributed by atoms with Crippen LogP contribution in [0.25, 0.3) is 0 Å². The van der Waals surface area contributed by atoms with Crippen molar-refractivity contribution in [3.63, 3.8) is 0 Å².